The predicted molar refractivity (Wildman–Crippen MR) is 129 cm³/mol. The molecule has 3 aromatic rings. The Hall–Kier alpha value is -2.26. The number of hydrogen-bond acceptors (Lipinski definition) is 2. The van der Waals surface area contributed by atoms with Gasteiger partial charge in [0.05, 0.1) is 26.7 Å². The lowest BCUT2D eigenvalue weighted by molar-refractivity contribution is -0.117. The molecule has 11 heteroatoms. The van der Waals surface area contributed by atoms with E-state index in [-0.39, 0.29) is 26.4 Å². The van der Waals surface area contributed by atoms with Gasteiger partial charge in [-0.25, -0.2) is 13.2 Å². The third-order valence-electron chi connectivity index (χ3n) is 5.30. The Morgan fingerprint density at radius 3 is 2.32 bits per heavy atom. The molecule has 0 saturated heterocycles. The molecule has 0 heterocycles. The first-order chi connectivity index (χ1) is 16.0. The number of carbonyl (C=O) groups excluding carboxylic acids is 2. The van der Waals surface area contributed by atoms with Crippen LogP contribution in [0.1, 0.15) is 21.8 Å². The molecule has 1 fully saturated rings. The largest absolute Gasteiger partial charge is 0.326 e. The van der Waals surface area contributed by atoms with E-state index in [1.165, 1.54) is 30.3 Å². The number of halogens is 7. The normalized spacial score (nSPS) is 18.3. The van der Waals surface area contributed by atoms with Crippen LogP contribution >= 0.6 is 50.7 Å². The van der Waals surface area contributed by atoms with Crippen LogP contribution in [0.4, 0.5) is 24.5 Å². The predicted octanol–water partition coefficient (Wildman–Crippen LogP) is 7.30. The van der Waals surface area contributed by atoms with Gasteiger partial charge in [0.1, 0.15) is 21.8 Å². The first-order valence-electron chi connectivity index (χ1n) is 9.68. The van der Waals surface area contributed by atoms with Crippen molar-refractivity contribution in [2.24, 2.45) is 5.92 Å². The Balaban J connectivity index is 1.51. The lowest BCUT2D eigenvalue weighted by Crippen LogP contribution is -2.18. The number of alkyl halides is 2. The van der Waals surface area contributed by atoms with Crippen LogP contribution in [0.5, 0.6) is 0 Å². The van der Waals surface area contributed by atoms with Gasteiger partial charge >= 0.3 is 0 Å². The van der Waals surface area contributed by atoms with Crippen LogP contribution in [-0.2, 0) is 4.79 Å². The molecule has 0 radical (unpaired) electrons. The van der Waals surface area contributed by atoms with Crippen molar-refractivity contribution in [3.63, 3.8) is 0 Å². The lowest BCUT2D eigenvalue weighted by atomic mass is 10.1. The summed E-state index contributed by atoms with van der Waals surface area (Å²) in [4.78, 5) is 25.5. The quantitative estimate of drug-likeness (QED) is 0.306. The van der Waals surface area contributed by atoms with Gasteiger partial charge in [0.25, 0.3) is 5.91 Å². The zero-order chi connectivity index (χ0) is 24.8. The molecule has 4 nitrogen and oxygen atoms in total. The summed E-state index contributed by atoms with van der Waals surface area (Å²) in [5.74, 6) is -5.11. The average molecular weight is 593 g/mol. The fourth-order valence-electron chi connectivity index (χ4n) is 3.55. The fourth-order valence-corrected chi connectivity index (χ4v) is 4.83. The molecule has 176 valence electrons. The Labute approximate surface area is 215 Å². The van der Waals surface area contributed by atoms with Gasteiger partial charge in [0, 0.05) is 17.7 Å². The highest BCUT2D eigenvalue weighted by atomic mass is 79.9. The van der Waals surface area contributed by atoms with E-state index in [1.54, 1.807) is 6.07 Å². The zero-order valence-electron chi connectivity index (χ0n) is 16.8. The van der Waals surface area contributed by atoms with Gasteiger partial charge in [0.2, 0.25) is 5.91 Å². The first kappa shape index (κ1) is 24.9. The summed E-state index contributed by atoms with van der Waals surface area (Å²) < 4.78 is 39.7. The minimum Gasteiger partial charge on any atom is -0.326 e. The van der Waals surface area contributed by atoms with Gasteiger partial charge in [0.15, 0.2) is 0 Å². The number of anilines is 2. The van der Waals surface area contributed by atoms with E-state index in [4.69, 9.17) is 34.8 Å². The molecule has 1 saturated carbocycles. The molecule has 0 unspecified atom stereocenters. The molecule has 2 N–H and O–H groups in total. The van der Waals surface area contributed by atoms with Gasteiger partial charge in [-0.05, 0) is 64.0 Å². The number of carbonyl (C=O) groups is 2. The van der Waals surface area contributed by atoms with Gasteiger partial charge in [-0.15, -0.1) is 23.2 Å². The number of hydrogen-bond donors (Lipinski definition) is 2. The second-order valence-corrected chi connectivity index (χ2v) is 10.3. The van der Waals surface area contributed by atoms with Crippen molar-refractivity contribution in [2.75, 3.05) is 10.6 Å². The zero-order valence-corrected chi connectivity index (χ0v) is 20.7. The average Bonchev–Trinajstić information content (AvgIpc) is 3.35. The third kappa shape index (κ3) is 4.91. The Morgan fingerprint density at radius 1 is 0.912 bits per heavy atom. The van der Waals surface area contributed by atoms with Crippen LogP contribution in [0, 0.1) is 23.4 Å². The van der Waals surface area contributed by atoms with Crippen molar-refractivity contribution in [3.05, 3.63) is 92.7 Å². The highest BCUT2D eigenvalue weighted by molar-refractivity contribution is 9.10. The SMILES string of the molecule is O=C(Nc1ccc(F)cc1F)c1cc(NC(=O)[C@H]2[C@H](c3ccc(Br)c(F)c3)C2(Cl)Cl)ccc1Cl. The minimum atomic E-state index is -1.45. The summed E-state index contributed by atoms with van der Waals surface area (Å²) in [6.07, 6.45) is 0. The smallest absolute Gasteiger partial charge is 0.257 e. The van der Waals surface area contributed by atoms with Gasteiger partial charge < -0.3 is 10.6 Å². The van der Waals surface area contributed by atoms with Crippen molar-refractivity contribution in [1.29, 1.82) is 0 Å². The molecule has 0 spiro atoms. The molecule has 1 aliphatic carbocycles. The topological polar surface area (TPSA) is 58.2 Å². The second-order valence-electron chi connectivity index (χ2n) is 7.57. The molecule has 2 amide bonds. The van der Waals surface area contributed by atoms with Crippen LogP contribution in [-0.4, -0.2) is 16.1 Å². The highest BCUT2D eigenvalue weighted by Crippen LogP contribution is 2.65. The summed E-state index contributed by atoms with van der Waals surface area (Å²) in [5.41, 5.74) is 0.362. The summed E-state index contributed by atoms with van der Waals surface area (Å²) in [5, 5.41) is 4.96. The summed E-state index contributed by atoms with van der Waals surface area (Å²) >= 11 is 21.8. The monoisotopic (exact) mass is 590 g/mol. The highest BCUT2D eigenvalue weighted by Gasteiger charge is 2.67. The van der Waals surface area contributed by atoms with Crippen molar-refractivity contribution in [2.45, 2.75) is 10.3 Å². The van der Waals surface area contributed by atoms with Crippen LogP contribution in [0.3, 0.4) is 0 Å². The maximum absolute atomic E-state index is 13.9. The van der Waals surface area contributed by atoms with Crippen LogP contribution < -0.4 is 10.6 Å². The fraction of sp³-hybridized carbons (Fsp3) is 0.130. The summed E-state index contributed by atoms with van der Waals surface area (Å²) in [6.45, 7) is 0. The van der Waals surface area contributed by atoms with Crippen molar-refractivity contribution < 1.29 is 22.8 Å². The van der Waals surface area contributed by atoms with E-state index in [1.807, 2.05) is 0 Å². The van der Waals surface area contributed by atoms with Gasteiger partial charge in [-0.1, -0.05) is 17.7 Å². The van der Waals surface area contributed by atoms with Gasteiger partial charge in [-0.2, -0.15) is 0 Å². The maximum atomic E-state index is 13.9. The molecular formula is C23H13BrCl3F3N2O2. The molecule has 1 aliphatic rings. The first-order valence-corrected chi connectivity index (χ1v) is 11.6. The summed E-state index contributed by atoms with van der Waals surface area (Å²) in [6, 6.07) is 11.2. The second kappa shape index (κ2) is 9.41. The molecule has 0 aromatic heterocycles. The van der Waals surface area contributed by atoms with E-state index < -0.39 is 45.4 Å². The molecule has 0 aliphatic heterocycles. The molecule has 34 heavy (non-hydrogen) atoms. The Bertz CT molecular complexity index is 1320. The van der Waals surface area contributed by atoms with E-state index in [0.29, 0.717) is 11.6 Å². The molecule has 2 atom stereocenters. The van der Waals surface area contributed by atoms with E-state index >= 15 is 0 Å². The Kier molecular flexibility index (Phi) is 6.88. The van der Waals surface area contributed by atoms with E-state index in [0.717, 1.165) is 12.1 Å². The van der Waals surface area contributed by atoms with Crippen LogP contribution in [0.25, 0.3) is 0 Å². The minimum absolute atomic E-state index is 0.0386. The Morgan fingerprint density at radius 2 is 1.65 bits per heavy atom. The third-order valence-corrected chi connectivity index (χ3v) is 7.21. The number of amides is 2. The molecular weight excluding hydrogens is 580 g/mol. The molecule has 4 rings (SSSR count). The maximum Gasteiger partial charge on any atom is 0.257 e. The standard InChI is InChI=1S/C23H13BrCl3F3N2O2/c24-14-4-1-10(7-16(14)29)19-20(23(19,26)27)22(34)31-12-3-5-15(25)13(9-12)21(33)32-18-6-2-11(28)8-17(18)30/h1-9,19-20H,(H,31,34)(H,32,33)/t19-,20+/m0/s1. The van der Waals surface area contributed by atoms with Crippen molar-refractivity contribution in [1.82, 2.24) is 0 Å². The summed E-state index contributed by atoms with van der Waals surface area (Å²) in [7, 11) is 0. The van der Waals surface area contributed by atoms with E-state index in [2.05, 4.69) is 26.6 Å². The number of benzene rings is 3. The number of rotatable bonds is 5. The van der Waals surface area contributed by atoms with Crippen molar-refractivity contribution in [3.8, 4) is 0 Å². The van der Waals surface area contributed by atoms with Crippen molar-refractivity contribution >= 4 is 73.9 Å². The number of nitrogens with one attached hydrogen (secondary N) is 2. The van der Waals surface area contributed by atoms with E-state index in [9.17, 15) is 22.8 Å². The molecule has 0 bridgehead atoms. The van der Waals surface area contributed by atoms with Gasteiger partial charge in [-0.3, -0.25) is 9.59 Å². The van der Waals surface area contributed by atoms with Crippen LogP contribution in [0.15, 0.2) is 59.1 Å². The lowest BCUT2D eigenvalue weighted by Gasteiger charge is -2.11. The van der Waals surface area contributed by atoms with Crippen LogP contribution in [0.2, 0.25) is 5.02 Å². The molecule has 3 aromatic carbocycles.